The zero-order valence-electron chi connectivity index (χ0n) is 15.2. The Morgan fingerprint density at radius 1 is 0.963 bits per heavy atom. The van der Waals surface area contributed by atoms with Crippen LogP contribution in [-0.2, 0) is 0 Å². The number of nitrogens with zero attached hydrogens (tertiary/aromatic N) is 2. The molecule has 0 spiro atoms. The van der Waals surface area contributed by atoms with E-state index in [4.69, 9.17) is 32.7 Å². The van der Waals surface area contributed by atoms with Crippen molar-refractivity contribution in [2.24, 2.45) is 0 Å². The van der Waals surface area contributed by atoms with E-state index in [2.05, 4.69) is 4.90 Å². The van der Waals surface area contributed by atoms with Crippen LogP contribution in [0.3, 0.4) is 0 Å². The fourth-order valence-corrected chi connectivity index (χ4v) is 3.53. The smallest absolute Gasteiger partial charge is 0.254 e. The SMILES string of the molecule is COc1ccc(OCCN2CCN(C(=O)c3cc(Cl)cc(Cl)c3)CC2)cc1. The first-order valence-corrected chi connectivity index (χ1v) is 9.55. The van der Waals surface area contributed by atoms with Gasteiger partial charge in [0.2, 0.25) is 0 Å². The van der Waals surface area contributed by atoms with Crippen LogP contribution in [0.5, 0.6) is 11.5 Å². The second kappa shape index (κ2) is 9.31. The fraction of sp³-hybridized carbons (Fsp3) is 0.350. The van der Waals surface area contributed by atoms with Gasteiger partial charge in [-0.25, -0.2) is 0 Å². The van der Waals surface area contributed by atoms with Crippen LogP contribution in [0, 0.1) is 0 Å². The summed E-state index contributed by atoms with van der Waals surface area (Å²) in [7, 11) is 1.64. The molecule has 2 aromatic carbocycles. The Morgan fingerprint density at radius 2 is 1.56 bits per heavy atom. The maximum atomic E-state index is 12.6. The van der Waals surface area contributed by atoms with Crippen LogP contribution in [0.4, 0.5) is 0 Å². The third-order valence-electron chi connectivity index (χ3n) is 4.50. The van der Waals surface area contributed by atoms with E-state index in [9.17, 15) is 4.79 Å². The molecular weight excluding hydrogens is 387 g/mol. The second-order valence-corrected chi connectivity index (χ2v) is 7.19. The number of halogens is 2. The molecule has 0 aromatic heterocycles. The number of ether oxygens (including phenoxy) is 2. The summed E-state index contributed by atoms with van der Waals surface area (Å²) in [5.74, 6) is 1.60. The first-order chi connectivity index (χ1) is 13.0. The third kappa shape index (κ3) is 5.51. The molecule has 1 heterocycles. The molecule has 7 heteroatoms. The molecule has 0 N–H and O–H groups in total. The van der Waals surface area contributed by atoms with Gasteiger partial charge in [0.25, 0.3) is 5.91 Å². The number of hydrogen-bond donors (Lipinski definition) is 0. The van der Waals surface area contributed by atoms with Gasteiger partial charge in [0.1, 0.15) is 18.1 Å². The Balaban J connectivity index is 1.43. The van der Waals surface area contributed by atoms with Gasteiger partial charge >= 0.3 is 0 Å². The molecule has 0 radical (unpaired) electrons. The van der Waals surface area contributed by atoms with E-state index < -0.39 is 0 Å². The number of piperazine rings is 1. The molecule has 144 valence electrons. The number of carbonyl (C=O) groups is 1. The maximum absolute atomic E-state index is 12.6. The van der Waals surface area contributed by atoms with E-state index >= 15 is 0 Å². The zero-order valence-corrected chi connectivity index (χ0v) is 16.7. The van der Waals surface area contributed by atoms with E-state index in [0.29, 0.717) is 35.3 Å². The summed E-state index contributed by atoms with van der Waals surface area (Å²) < 4.78 is 10.9. The highest BCUT2D eigenvalue weighted by atomic mass is 35.5. The van der Waals surface area contributed by atoms with Crippen molar-refractivity contribution in [3.63, 3.8) is 0 Å². The second-order valence-electron chi connectivity index (χ2n) is 6.32. The van der Waals surface area contributed by atoms with E-state index in [1.54, 1.807) is 25.3 Å². The van der Waals surface area contributed by atoms with Gasteiger partial charge in [0, 0.05) is 48.3 Å². The van der Waals surface area contributed by atoms with Crippen molar-refractivity contribution in [3.05, 3.63) is 58.1 Å². The summed E-state index contributed by atoms with van der Waals surface area (Å²) in [6.45, 7) is 4.39. The van der Waals surface area contributed by atoms with Crippen molar-refractivity contribution in [3.8, 4) is 11.5 Å². The van der Waals surface area contributed by atoms with Gasteiger partial charge in [0.15, 0.2) is 0 Å². The largest absolute Gasteiger partial charge is 0.497 e. The first kappa shape index (κ1) is 19.8. The molecule has 1 fully saturated rings. The van der Waals surface area contributed by atoms with Crippen LogP contribution >= 0.6 is 23.2 Å². The summed E-state index contributed by atoms with van der Waals surface area (Å²) in [4.78, 5) is 16.7. The van der Waals surface area contributed by atoms with E-state index in [-0.39, 0.29) is 5.91 Å². The Morgan fingerprint density at radius 3 is 2.15 bits per heavy atom. The fourth-order valence-electron chi connectivity index (χ4n) is 3.00. The lowest BCUT2D eigenvalue weighted by molar-refractivity contribution is 0.0620. The molecule has 27 heavy (non-hydrogen) atoms. The minimum Gasteiger partial charge on any atom is -0.497 e. The summed E-state index contributed by atoms with van der Waals surface area (Å²) in [6.07, 6.45) is 0. The van der Waals surface area contributed by atoms with Gasteiger partial charge < -0.3 is 14.4 Å². The van der Waals surface area contributed by atoms with Crippen molar-refractivity contribution in [2.75, 3.05) is 46.4 Å². The van der Waals surface area contributed by atoms with Crippen LogP contribution in [-0.4, -0.2) is 62.1 Å². The number of methoxy groups -OCH3 is 1. The maximum Gasteiger partial charge on any atom is 0.254 e. The van der Waals surface area contributed by atoms with Gasteiger partial charge in [0.05, 0.1) is 7.11 Å². The van der Waals surface area contributed by atoms with Crippen molar-refractivity contribution in [2.45, 2.75) is 0 Å². The van der Waals surface area contributed by atoms with Gasteiger partial charge in [-0.05, 0) is 42.5 Å². The number of rotatable bonds is 6. The monoisotopic (exact) mass is 408 g/mol. The molecule has 1 aliphatic heterocycles. The lowest BCUT2D eigenvalue weighted by atomic mass is 10.2. The lowest BCUT2D eigenvalue weighted by Crippen LogP contribution is -2.49. The van der Waals surface area contributed by atoms with Crippen LogP contribution in [0.25, 0.3) is 0 Å². The number of hydrogen-bond acceptors (Lipinski definition) is 4. The average molecular weight is 409 g/mol. The highest BCUT2D eigenvalue weighted by Gasteiger charge is 2.22. The number of carbonyl (C=O) groups excluding carboxylic acids is 1. The number of benzene rings is 2. The predicted octanol–water partition coefficient (Wildman–Crippen LogP) is 3.84. The van der Waals surface area contributed by atoms with E-state index in [0.717, 1.165) is 31.1 Å². The first-order valence-electron chi connectivity index (χ1n) is 8.80. The lowest BCUT2D eigenvalue weighted by Gasteiger charge is -2.34. The molecule has 0 unspecified atom stereocenters. The molecule has 3 rings (SSSR count). The normalized spacial score (nSPS) is 14.9. The molecule has 0 atom stereocenters. The highest BCUT2D eigenvalue weighted by molar-refractivity contribution is 6.35. The van der Waals surface area contributed by atoms with Gasteiger partial charge in [-0.1, -0.05) is 23.2 Å². The summed E-state index contributed by atoms with van der Waals surface area (Å²) in [5, 5.41) is 0.945. The minimum absolute atomic E-state index is 0.0338. The van der Waals surface area contributed by atoms with Crippen molar-refractivity contribution >= 4 is 29.1 Å². The Kier molecular flexibility index (Phi) is 6.83. The average Bonchev–Trinajstić information content (AvgIpc) is 2.68. The molecule has 2 aromatic rings. The van der Waals surface area contributed by atoms with Crippen molar-refractivity contribution in [1.82, 2.24) is 9.80 Å². The predicted molar refractivity (Wildman–Crippen MR) is 107 cm³/mol. The molecular formula is C20H22Cl2N2O3. The molecule has 5 nitrogen and oxygen atoms in total. The molecule has 1 amide bonds. The van der Waals surface area contributed by atoms with Crippen LogP contribution < -0.4 is 9.47 Å². The van der Waals surface area contributed by atoms with E-state index in [1.807, 2.05) is 29.2 Å². The summed E-state index contributed by atoms with van der Waals surface area (Å²) in [6, 6.07) is 12.5. The van der Waals surface area contributed by atoms with E-state index in [1.165, 1.54) is 0 Å². The standard InChI is InChI=1S/C20H22Cl2N2O3/c1-26-18-2-4-19(5-3-18)27-11-10-23-6-8-24(9-7-23)20(25)15-12-16(21)14-17(22)13-15/h2-5,12-14H,6-11H2,1H3. The number of amides is 1. The van der Waals surface area contributed by atoms with Crippen LogP contribution in [0.1, 0.15) is 10.4 Å². The Bertz CT molecular complexity index is 755. The van der Waals surface area contributed by atoms with Crippen molar-refractivity contribution in [1.29, 1.82) is 0 Å². The minimum atomic E-state index is -0.0338. The van der Waals surface area contributed by atoms with Gasteiger partial charge in [-0.2, -0.15) is 0 Å². The van der Waals surface area contributed by atoms with Crippen LogP contribution in [0.2, 0.25) is 10.0 Å². The Hall–Kier alpha value is -1.95. The molecule has 0 aliphatic carbocycles. The summed E-state index contributed by atoms with van der Waals surface area (Å²) in [5.41, 5.74) is 0.531. The van der Waals surface area contributed by atoms with Gasteiger partial charge in [-0.3, -0.25) is 9.69 Å². The quantitative estimate of drug-likeness (QED) is 0.727. The van der Waals surface area contributed by atoms with Crippen molar-refractivity contribution < 1.29 is 14.3 Å². The topological polar surface area (TPSA) is 42.0 Å². The molecule has 1 aliphatic rings. The highest BCUT2D eigenvalue weighted by Crippen LogP contribution is 2.21. The van der Waals surface area contributed by atoms with Gasteiger partial charge in [-0.15, -0.1) is 0 Å². The molecule has 0 saturated carbocycles. The zero-order chi connectivity index (χ0) is 19.2. The third-order valence-corrected chi connectivity index (χ3v) is 4.94. The summed E-state index contributed by atoms with van der Waals surface area (Å²) >= 11 is 12.0. The van der Waals surface area contributed by atoms with Crippen LogP contribution in [0.15, 0.2) is 42.5 Å². The molecule has 0 bridgehead atoms. The molecule has 1 saturated heterocycles. The Labute approximate surface area is 169 Å².